The number of fused-ring (bicyclic) bond motifs is 1. The van der Waals surface area contributed by atoms with Gasteiger partial charge in [-0.05, 0) is 42.9 Å². The van der Waals surface area contributed by atoms with Crippen molar-refractivity contribution in [3.05, 3.63) is 30.3 Å². The maximum atomic E-state index is 6.37. The smallest absolute Gasteiger partial charge is 0.169 e. The Morgan fingerprint density at radius 2 is 1.33 bits per heavy atom. The SMILES string of the molecule is CCCCC(CC)COc1cccc2c(OCC(CC)CCCC)c(OC)ccc12. The fourth-order valence-electron chi connectivity index (χ4n) is 3.92. The molecule has 0 fully saturated rings. The second kappa shape index (κ2) is 13.4. The fourth-order valence-corrected chi connectivity index (χ4v) is 3.92. The van der Waals surface area contributed by atoms with Crippen molar-refractivity contribution in [3.8, 4) is 17.2 Å². The number of methoxy groups -OCH3 is 1. The van der Waals surface area contributed by atoms with Gasteiger partial charge in [-0.15, -0.1) is 0 Å². The molecule has 0 aromatic heterocycles. The zero-order valence-electron chi connectivity index (χ0n) is 19.8. The molecule has 2 aromatic rings. The molecule has 3 heteroatoms. The van der Waals surface area contributed by atoms with E-state index in [4.69, 9.17) is 14.2 Å². The van der Waals surface area contributed by atoms with Crippen molar-refractivity contribution in [3.63, 3.8) is 0 Å². The molecular weight excluding hydrogens is 372 g/mol. The average Bonchev–Trinajstić information content (AvgIpc) is 2.79. The van der Waals surface area contributed by atoms with Crippen LogP contribution in [0.2, 0.25) is 0 Å². The summed E-state index contributed by atoms with van der Waals surface area (Å²) in [5, 5.41) is 2.17. The molecule has 0 heterocycles. The molecule has 0 bridgehead atoms. The van der Waals surface area contributed by atoms with Gasteiger partial charge in [-0.2, -0.15) is 0 Å². The van der Waals surface area contributed by atoms with Crippen molar-refractivity contribution >= 4 is 10.8 Å². The molecule has 30 heavy (non-hydrogen) atoms. The molecule has 0 aliphatic carbocycles. The highest BCUT2D eigenvalue weighted by Crippen LogP contribution is 2.40. The third-order valence-corrected chi connectivity index (χ3v) is 6.18. The molecule has 0 saturated carbocycles. The zero-order chi connectivity index (χ0) is 21.8. The molecule has 0 aliphatic heterocycles. The Hall–Kier alpha value is -1.90. The van der Waals surface area contributed by atoms with Gasteiger partial charge in [0.15, 0.2) is 11.5 Å². The second-order valence-electron chi connectivity index (χ2n) is 8.40. The highest BCUT2D eigenvalue weighted by molar-refractivity contribution is 5.95. The summed E-state index contributed by atoms with van der Waals surface area (Å²) < 4.78 is 18.3. The fraction of sp³-hybridized carbons (Fsp3) is 0.630. The van der Waals surface area contributed by atoms with Crippen LogP contribution in [0, 0.1) is 11.8 Å². The summed E-state index contributed by atoms with van der Waals surface area (Å²) in [6, 6.07) is 10.3. The molecule has 2 unspecified atom stereocenters. The molecule has 0 amide bonds. The van der Waals surface area contributed by atoms with Gasteiger partial charge in [0.25, 0.3) is 0 Å². The van der Waals surface area contributed by atoms with E-state index in [1.54, 1.807) is 7.11 Å². The first-order valence-electron chi connectivity index (χ1n) is 12.0. The summed E-state index contributed by atoms with van der Waals surface area (Å²) in [4.78, 5) is 0. The van der Waals surface area contributed by atoms with Crippen LogP contribution < -0.4 is 14.2 Å². The van der Waals surface area contributed by atoms with Crippen molar-refractivity contribution in [2.24, 2.45) is 11.8 Å². The Morgan fingerprint density at radius 1 is 0.700 bits per heavy atom. The van der Waals surface area contributed by atoms with Crippen LogP contribution in [0.15, 0.2) is 30.3 Å². The number of benzene rings is 2. The zero-order valence-corrected chi connectivity index (χ0v) is 19.8. The summed E-state index contributed by atoms with van der Waals surface area (Å²) in [7, 11) is 1.71. The van der Waals surface area contributed by atoms with Gasteiger partial charge in [0.2, 0.25) is 0 Å². The lowest BCUT2D eigenvalue weighted by Crippen LogP contribution is -2.12. The summed E-state index contributed by atoms with van der Waals surface area (Å²) in [5.74, 6) is 3.76. The van der Waals surface area contributed by atoms with Crippen LogP contribution in [0.4, 0.5) is 0 Å². The van der Waals surface area contributed by atoms with Crippen LogP contribution in [-0.4, -0.2) is 20.3 Å². The van der Waals surface area contributed by atoms with Crippen LogP contribution in [-0.2, 0) is 0 Å². The quantitative estimate of drug-likeness (QED) is 0.295. The van der Waals surface area contributed by atoms with E-state index in [-0.39, 0.29) is 0 Å². The average molecular weight is 415 g/mol. The van der Waals surface area contributed by atoms with E-state index in [0.717, 1.165) is 54.1 Å². The largest absolute Gasteiger partial charge is 0.493 e. The molecule has 2 atom stereocenters. The van der Waals surface area contributed by atoms with Crippen molar-refractivity contribution < 1.29 is 14.2 Å². The first-order valence-corrected chi connectivity index (χ1v) is 12.0. The third-order valence-electron chi connectivity index (χ3n) is 6.18. The van der Waals surface area contributed by atoms with Crippen molar-refractivity contribution in [2.45, 2.75) is 79.1 Å². The van der Waals surface area contributed by atoms with Crippen LogP contribution >= 0.6 is 0 Å². The van der Waals surface area contributed by atoms with Gasteiger partial charge >= 0.3 is 0 Å². The molecule has 2 rings (SSSR count). The highest BCUT2D eigenvalue weighted by Gasteiger charge is 2.16. The third kappa shape index (κ3) is 6.82. The first kappa shape index (κ1) is 24.4. The molecule has 3 nitrogen and oxygen atoms in total. The molecule has 0 saturated heterocycles. The van der Waals surface area contributed by atoms with Crippen molar-refractivity contribution in [2.75, 3.05) is 20.3 Å². The van der Waals surface area contributed by atoms with Gasteiger partial charge in [-0.3, -0.25) is 0 Å². The molecule has 168 valence electrons. The number of unbranched alkanes of at least 4 members (excludes halogenated alkanes) is 2. The summed E-state index contributed by atoms with van der Waals surface area (Å²) in [6.45, 7) is 10.5. The lowest BCUT2D eigenvalue weighted by atomic mass is 10.0. The first-order chi connectivity index (χ1) is 14.7. The maximum absolute atomic E-state index is 6.37. The Morgan fingerprint density at radius 3 is 1.90 bits per heavy atom. The van der Waals surface area contributed by atoms with E-state index in [0.29, 0.717) is 11.8 Å². The summed E-state index contributed by atoms with van der Waals surface area (Å²) in [6.07, 6.45) is 9.72. The van der Waals surface area contributed by atoms with Gasteiger partial charge in [-0.25, -0.2) is 0 Å². The Balaban J connectivity index is 2.22. The van der Waals surface area contributed by atoms with Gasteiger partial charge < -0.3 is 14.2 Å². The lowest BCUT2D eigenvalue weighted by molar-refractivity contribution is 0.226. The molecule has 2 aromatic carbocycles. The van der Waals surface area contributed by atoms with E-state index in [1.807, 2.05) is 6.07 Å². The number of hydrogen-bond acceptors (Lipinski definition) is 3. The summed E-state index contributed by atoms with van der Waals surface area (Å²) in [5.41, 5.74) is 0. The van der Waals surface area contributed by atoms with Gasteiger partial charge in [0, 0.05) is 10.8 Å². The Kier molecular flexibility index (Phi) is 10.9. The Bertz CT molecular complexity index is 740. The minimum atomic E-state index is 0.577. The van der Waals surface area contributed by atoms with E-state index >= 15 is 0 Å². The van der Waals surface area contributed by atoms with E-state index in [9.17, 15) is 0 Å². The van der Waals surface area contributed by atoms with E-state index in [2.05, 4.69) is 52.0 Å². The number of rotatable bonds is 15. The minimum Gasteiger partial charge on any atom is -0.493 e. The van der Waals surface area contributed by atoms with E-state index < -0.39 is 0 Å². The molecule has 0 spiro atoms. The summed E-state index contributed by atoms with van der Waals surface area (Å²) >= 11 is 0. The van der Waals surface area contributed by atoms with Gasteiger partial charge in [-0.1, -0.05) is 78.4 Å². The predicted molar refractivity (Wildman–Crippen MR) is 128 cm³/mol. The van der Waals surface area contributed by atoms with Crippen LogP contribution in [0.5, 0.6) is 17.2 Å². The van der Waals surface area contributed by atoms with Crippen molar-refractivity contribution in [1.29, 1.82) is 0 Å². The monoisotopic (exact) mass is 414 g/mol. The van der Waals surface area contributed by atoms with Crippen LogP contribution in [0.1, 0.15) is 79.1 Å². The normalized spacial score (nSPS) is 13.2. The van der Waals surface area contributed by atoms with Crippen LogP contribution in [0.3, 0.4) is 0 Å². The van der Waals surface area contributed by atoms with Crippen molar-refractivity contribution in [1.82, 2.24) is 0 Å². The minimum absolute atomic E-state index is 0.577. The lowest BCUT2D eigenvalue weighted by Gasteiger charge is -2.20. The number of hydrogen-bond donors (Lipinski definition) is 0. The molecule has 0 N–H and O–H groups in total. The maximum Gasteiger partial charge on any atom is 0.169 e. The van der Waals surface area contributed by atoms with Gasteiger partial charge in [0.1, 0.15) is 5.75 Å². The molecule has 0 radical (unpaired) electrons. The predicted octanol–water partition coefficient (Wildman–Crippen LogP) is 8.04. The molecular formula is C27H42O3. The Labute approximate surface area is 184 Å². The second-order valence-corrected chi connectivity index (χ2v) is 8.40. The number of ether oxygens (including phenoxy) is 3. The highest BCUT2D eigenvalue weighted by atomic mass is 16.5. The standard InChI is InChI=1S/C27H42O3/c1-6-10-13-21(8-3)19-29-25-16-12-15-24-23(25)17-18-26(28-5)27(24)30-20-22(9-4)14-11-7-2/h12,15-18,21-22H,6-11,13-14,19-20H2,1-5H3. The molecule has 0 aliphatic rings. The van der Waals surface area contributed by atoms with E-state index in [1.165, 1.54) is 38.5 Å². The topological polar surface area (TPSA) is 27.7 Å². The van der Waals surface area contributed by atoms with Gasteiger partial charge in [0.05, 0.1) is 20.3 Å². The van der Waals surface area contributed by atoms with Crippen LogP contribution in [0.25, 0.3) is 10.8 Å².